The average molecular weight is 405 g/mol. The van der Waals surface area contributed by atoms with E-state index >= 15 is 0 Å². The number of hydrogen-bond acceptors (Lipinski definition) is 5. The lowest BCUT2D eigenvalue weighted by atomic mass is 9.92. The summed E-state index contributed by atoms with van der Waals surface area (Å²) in [7, 11) is 0. The highest BCUT2D eigenvalue weighted by Gasteiger charge is 2.31. The van der Waals surface area contributed by atoms with Crippen molar-refractivity contribution in [3.05, 3.63) is 87.9 Å². The predicted octanol–water partition coefficient (Wildman–Crippen LogP) is 3.52. The molecule has 3 aromatic rings. The molecule has 0 spiro atoms. The van der Waals surface area contributed by atoms with Crippen LogP contribution in [0, 0.1) is 12.8 Å². The Balaban J connectivity index is 1.82. The molecular formula is C24H28N4O2. The SMILES string of the molecule is Cc1cc(O)c([C@@H](c2ccncc2)N2CCC(C)CC2)c(=O)n1Cc1cccnc1. The second-order valence-corrected chi connectivity index (χ2v) is 8.24. The van der Waals surface area contributed by atoms with E-state index in [2.05, 4.69) is 21.8 Å². The Hall–Kier alpha value is -2.99. The molecule has 1 aliphatic rings. The van der Waals surface area contributed by atoms with Gasteiger partial charge in [-0.2, -0.15) is 0 Å². The topological polar surface area (TPSA) is 71.2 Å². The number of pyridine rings is 3. The van der Waals surface area contributed by atoms with Crippen LogP contribution in [0.2, 0.25) is 0 Å². The third-order valence-electron chi connectivity index (χ3n) is 6.07. The number of rotatable bonds is 5. The summed E-state index contributed by atoms with van der Waals surface area (Å²) in [6.45, 7) is 6.33. The largest absolute Gasteiger partial charge is 0.507 e. The molecule has 1 N–H and O–H groups in total. The Morgan fingerprint density at radius 2 is 1.87 bits per heavy atom. The number of aromatic hydroxyl groups is 1. The highest BCUT2D eigenvalue weighted by Crippen LogP contribution is 2.35. The van der Waals surface area contributed by atoms with Gasteiger partial charge in [0, 0.05) is 30.5 Å². The first-order valence-corrected chi connectivity index (χ1v) is 10.5. The fraction of sp³-hybridized carbons (Fsp3) is 0.375. The standard InChI is InChI=1S/C24H28N4O2/c1-17-7-12-27(13-8-17)23(20-5-10-25-11-6-20)22-21(29)14-18(2)28(24(22)30)16-19-4-3-9-26-15-19/h3-6,9-11,14-15,17,23,29H,7-8,12-13,16H2,1-2H3/t23-/m1/s1. The molecule has 0 amide bonds. The molecule has 0 saturated carbocycles. The highest BCUT2D eigenvalue weighted by atomic mass is 16.3. The first-order valence-electron chi connectivity index (χ1n) is 10.5. The van der Waals surface area contributed by atoms with Crippen molar-refractivity contribution in [3.63, 3.8) is 0 Å². The van der Waals surface area contributed by atoms with Gasteiger partial charge >= 0.3 is 0 Å². The summed E-state index contributed by atoms with van der Waals surface area (Å²) in [5, 5.41) is 10.9. The molecule has 1 fully saturated rings. The van der Waals surface area contributed by atoms with Crippen LogP contribution in [0.25, 0.3) is 0 Å². The van der Waals surface area contributed by atoms with E-state index in [-0.39, 0.29) is 17.4 Å². The maximum absolute atomic E-state index is 13.7. The summed E-state index contributed by atoms with van der Waals surface area (Å²) in [6.07, 6.45) is 9.14. The average Bonchev–Trinajstić information content (AvgIpc) is 2.76. The van der Waals surface area contributed by atoms with E-state index in [1.807, 2.05) is 31.2 Å². The van der Waals surface area contributed by atoms with Gasteiger partial charge in [0.1, 0.15) is 5.75 Å². The van der Waals surface area contributed by atoms with Gasteiger partial charge in [0.25, 0.3) is 5.56 Å². The third kappa shape index (κ3) is 4.14. The molecule has 0 unspecified atom stereocenters. The van der Waals surface area contributed by atoms with Crippen LogP contribution in [0.1, 0.15) is 48.2 Å². The molecule has 0 aromatic carbocycles. The van der Waals surface area contributed by atoms with Crippen molar-refractivity contribution in [1.29, 1.82) is 0 Å². The maximum atomic E-state index is 13.7. The number of hydrogen-bond donors (Lipinski definition) is 1. The Labute approximate surface area is 176 Å². The molecule has 30 heavy (non-hydrogen) atoms. The Morgan fingerprint density at radius 3 is 2.53 bits per heavy atom. The van der Waals surface area contributed by atoms with Gasteiger partial charge in [0.2, 0.25) is 0 Å². The summed E-state index contributed by atoms with van der Waals surface area (Å²) in [4.78, 5) is 24.3. The molecule has 4 rings (SSSR count). The fourth-order valence-electron chi connectivity index (χ4n) is 4.29. The number of nitrogens with zero attached hydrogens (tertiary/aromatic N) is 4. The molecule has 3 aromatic heterocycles. The van der Waals surface area contributed by atoms with E-state index in [1.165, 1.54) is 0 Å². The highest BCUT2D eigenvalue weighted by molar-refractivity contribution is 5.41. The van der Waals surface area contributed by atoms with Gasteiger partial charge in [0.05, 0.1) is 18.2 Å². The lowest BCUT2D eigenvalue weighted by molar-refractivity contribution is 0.154. The van der Waals surface area contributed by atoms with Crippen LogP contribution >= 0.6 is 0 Å². The number of likely N-dealkylation sites (tertiary alicyclic amines) is 1. The van der Waals surface area contributed by atoms with E-state index in [4.69, 9.17) is 0 Å². The Bertz CT molecular complexity index is 1040. The monoisotopic (exact) mass is 404 g/mol. The van der Waals surface area contributed by atoms with Crippen molar-refractivity contribution in [3.8, 4) is 5.75 Å². The van der Waals surface area contributed by atoms with Gasteiger partial charge in [-0.05, 0) is 74.2 Å². The van der Waals surface area contributed by atoms with Crippen LogP contribution in [0.5, 0.6) is 5.75 Å². The maximum Gasteiger partial charge on any atom is 0.259 e. The molecule has 156 valence electrons. The van der Waals surface area contributed by atoms with Crippen molar-refractivity contribution in [1.82, 2.24) is 19.4 Å². The van der Waals surface area contributed by atoms with Gasteiger partial charge in [-0.15, -0.1) is 0 Å². The van der Waals surface area contributed by atoms with Crippen molar-refractivity contribution in [2.75, 3.05) is 13.1 Å². The van der Waals surface area contributed by atoms with Crippen LogP contribution in [-0.4, -0.2) is 37.6 Å². The molecule has 0 aliphatic carbocycles. The van der Waals surface area contributed by atoms with Gasteiger partial charge in [-0.1, -0.05) is 13.0 Å². The van der Waals surface area contributed by atoms with E-state index in [0.717, 1.165) is 42.8 Å². The van der Waals surface area contributed by atoms with Gasteiger partial charge in [-0.3, -0.25) is 19.7 Å². The summed E-state index contributed by atoms with van der Waals surface area (Å²) in [5.74, 6) is 0.730. The van der Waals surface area contributed by atoms with Crippen molar-refractivity contribution >= 4 is 0 Å². The van der Waals surface area contributed by atoms with Crippen molar-refractivity contribution in [2.45, 2.75) is 39.3 Å². The normalized spacial score (nSPS) is 16.5. The van der Waals surface area contributed by atoms with E-state index < -0.39 is 0 Å². The summed E-state index contributed by atoms with van der Waals surface area (Å²) in [5.41, 5.74) is 2.93. The van der Waals surface area contributed by atoms with Crippen molar-refractivity contribution in [2.24, 2.45) is 5.92 Å². The zero-order valence-corrected chi connectivity index (χ0v) is 17.5. The smallest absolute Gasteiger partial charge is 0.259 e. The van der Waals surface area contributed by atoms with Crippen LogP contribution < -0.4 is 5.56 Å². The summed E-state index contributed by atoms with van der Waals surface area (Å²) < 4.78 is 1.73. The third-order valence-corrected chi connectivity index (χ3v) is 6.07. The summed E-state index contributed by atoms with van der Waals surface area (Å²) >= 11 is 0. The lowest BCUT2D eigenvalue weighted by Gasteiger charge is -2.37. The Morgan fingerprint density at radius 1 is 1.13 bits per heavy atom. The second-order valence-electron chi connectivity index (χ2n) is 8.24. The van der Waals surface area contributed by atoms with Crippen LogP contribution in [0.15, 0.2) is 59.9 Å². The molecule has 6 heteroatoms. The zero-order chi connectivity index (χ0) is 21.1. The van der Waals surface area contributed by atoms with Crippen molar-refractivity contribution < 1.29 is 5.11 Å². The summed E-state index contributed by atoms with van der Waals surface area (Å²) in [6, 6.07) is 9.10. The van der Waals surface area contributed by atoms with E-state index in [0.29, 0.717) is 18.0 Å². The first kappa shape index (κ1) is 20.3. The molecule has 4 heterocycles. The minimum absolute atomic E-state index is 0.0559. The lowest BCUT2D eigenvalue weighted by Crippen LogP contribution is -2.40. The number of piperidine rings is 1. The van der Waals surface area contributed by atoms with Crippen LogP contribution in [-0.2, 0) is 6.54 Å². The number of aromatic nitrogens is 3. The molecule has 1 aliphatic heterocycles. The minimum atomic E-state index is -0.297. The second kappa shape index (κ2) is 8.79. The number of aryl methyl sites for hydroxylation is 1. The fourth-order valence-corrected chi connectivity index (χ4v) is 4.29. The minimum Gasteiger partial charge on any atom is -0.507 e. The predicted molar refractivity (Wildman–Crippen MR) is 116 cm³/mol. The molecule has 1 atom stereocenters. The quantitative estimate of drug-likeness (QED) is 0.704. The van der Waals surface area contributed by atoms with E-state index in [9.17, 15) is 9.90 Å². The van der Waals surface area contributed by atoms with Gasteiger partial charge < -0.3 is 9.67 Å². The van der Waals surface area contributed by atoms with E-state index in [1.54, 1.807) is 35.4 Å². The Kier molecular flexibility index (Phi) is 5.95. The molecular weight excluding hydrogens is 376 g/mol. The van der Waals surface area contributed by atoms with Crippen LogP contribution in [0.3, 0.4) is 0 Å². The van der Waals surface area contributed by atoms with Crippen LogP contribution in [0.4, 0.5) is 0 Å². The molecule has 1 saturated heterocycles. The van der Waals surface area contributed by atoms with Gasteiger partial charge in [0.15, 0.2) is 0 Å². The zero-order valence-electron chi connectivity index (χ0n) is 17.5. The molecule has 6 nitrogen and oxygen atoms in total. The molecule has 0 bridgehead atoms. The molecule has 0 radical (unpaired) electrons. The first-order chi connectivity index (χ1) is 14.5. The van der Waals surface area contributed by atoms with Gasteiger partial charge in [-0.25, -0.2) is 0 Å².